The number of hydrogen-bond donors (Lipinski definition) is 2. The fraction of sp³-hybridized carbons (Fsp3) is 0.273. The smallest absolute Gasteiger partial charge is 0.253 e. The molecule has 2 N–H and O–H groups in total. The maximum atomic E-state index is 12.5. The maximum absolute atomic E-state index is 12.5. The first-order valence-electron chi connectivity index (χ1n) is 8.86. The summed E-state index contributed by atoms with van der Waals surface area (Å²) in [5, 5.41) is 5.65. The Morgan fingerprint density at radius 1 is 0.964 bits per heavy atom. The van der Waals surface area contributed by atoms with Gasteiger partial charge in [-0.3, -0.25) is 9.59 Å². The van der Waals surface area contributed by atoms with Gasteiger partial charge in [-0.2, -0.15) is 0 Å². The first-order valence-corrected chi connectivity index (χ1v) is 8.86. The molecule has 0 aliphatic carbocycles. The Balaban J connectivity index is 2.13. The third kappa shape index (κ3) is 5.87. The molecule has 0 aliphatic rings. The van der Waals surface area contributed by atoms with Crippen LogP contribution in [0.15, 0.2) is 48.5 Å². The van der Waals surface area contributed by atoms with Gasteiger partial charge in [0.25, 0.3) is 5.91 Å². The van der Waals surface area contributed by atoms with Crippen LogP contribution in [0, 0.1) is 0 Å². The number of methoxy groups -OCH3 is 2. The molecular formula is C22H26N2O4. The molecule has 0 saturated carbocycles. The molecule has 0 spiro atoms. The Morgan fingerprint density at radius 3 is 2.29 bits per heavy atom. The van der Waals surface area contributed by atoms with E-state index in [4.69, 9.17) is 9.47 Å². The Morgan fingerprint density at radius 2 is 1.64 bits per heavy atom. The lowest BCUT2D eigenvalue weighted by atomic mass is 10.1. The summed E-state index contributed by atoms with van der Waals surface area (Å²) < 4.78 is 10.5. The van der Waals surface area contributed by atoms with Crippen molar-refractivity contribution >= 4 is 23.6 Å². The molecule has 0 aliphatic heterocycles. The largest absolute Gasteiger partial charge is 0.493 e. The van der Waals surface area contributed by atoms with E-state index in [-0.39, 0.29) is 17.4 Å². The summed E-state index contributed by atoms with van der Waals surface area (Å²) in [6.07, 6.45) is 3.06. The van der Waals surface area contributed by atoms with Gasteiger partial charge in [-0.25, -0.2) is 0 Å². The number of carbonyl (C=O) groups is 2. The van der Waals surface area contributed by atoms with Crippen LogP contribution in [0.4, 0.5) is 5.69 Å². The summed E-state index contributed by atoms with van der Waals surface area (Å²) in [5.74, 6) is 0.607. The van der Waals surface area contributed by atoms with Crippen molar-refractivity contribution in [3.05, 3.63) is 59.7 Å². The van der Waals surface area contributed by atoms with Crippen molar-refractivity contribution < 1.29 is 19.1 Å². The number of rotatable bonds is 6. The van der Waals surface area contributed by atoms with E-state index < -0.39 is 0 Å². The lowest BCUT2D eigenvalue weighted by Gasteiger charge is -2.21. The summed E-state index contributed by atoms with van der Waals surface area (Å²) in [5.41, 5.74) is 1.27. The minimum absolute atomic E-state index is 0.243. The number of para-hydroxylation sites is 1. The summed E-state index contributed by atoms with van der Waals surface area (Å²) in [4.78, 5) is 24.8. The van der Waals surface area contributed by atoms with Crippen LogP contribution in [0.3, 0.4) is 0 Å². The molecule has 0 bridgehead atoms. The van der Waals surface area contributed by atoms with Gasteiger partial charge in [-0.15, -0.1) is 0 Å². The predicted molar refractivity (Wildman–Crippen MR) is 111 cm³/mol. The predicted octanol–water partition coefficient (Wildman–Crippen LogP) is 3.88. The molecule has 2 aromatic carbocycles. The summed E-state index contributed by atoms with van der Waals surface area (Å²) in [7, 11) is 3.12. The Bertz CT molecular complexity index is 882. The molecule has 0 heterocycles. The molecule has 28 heavy (non-hydrogen) atoms. The molecule has 6 heteroatoms. The van der Waals surface area contributed by atoms with Crippen molar-refractivity contribution in [2.45, 2.75) is 26.3 Å². The number of amides is 2. The van der Waals surface area contributed by atoms with Crippen LogP contribution in [-0.4, -0.2) is 31.6 Å². The minimum atomic E-state index is -0.373. The molecule has 0 saturated heterocycles. The standard InChI is InChI=1S/C22H26N2O4/c1-22(2,3)24-21(26)16-8-6-7-9-17(16)23-20(25)13-11-15-10-12-18(27-4)19(14-15)28-5/h6-14H,1-5H3,(H,23,25)(H,24,26)/b13-11-. The molecule has 0 atom stereocenters. The SMILES string of the molecule is COc1ccc(/C=C\C(=O)Nc2ccccc2C(=O)NC(C)(C)C)cc1OC. The Kier molecular flexibility index (Phi) is 6.82. The van der Waals surface area contributed by atoms with Crippen LogP contribution in [0.25, 0.3) is 6.08 Å². The van der Waals surface area contributed by atoms with Gasteiger partial charge in [0.05, 0.1) is 25.5 Å². The van der Waals surface area contributed by atoms with Crippen LogP contribution in [0.2, 0.25) is 0 Å². The van der Waals surface area contributed by atoms with E-state index in [0.717, 1.165) is 5.56 Å². The van der Waals surface area contributed by atoms with Crippen molar-refractivity contribution in [3.8, 4) is 11.5 Å². The van der Waals surface area contributed by atoms with E-state index >= 15 is 0 Å². The zero-order valence-corrected chi connectivity index (χ0v) is 16.8. The first kappa shape index (κ1) is 21.0. The lowest BCUT2D eigenvalue weighted by Crippen LogP contribution is -2.40. The van der Waals surface area contributed by atoms with Crippen molar-refractivity contribution in [2.75, 3.05) is 19.5 Å². The normalized spacial score (nSPS) is 11.2. The minimum Gasteiger partial charge on any atom is -0.493 e. The highest BCUT2D eigenvalue weighted by molar-refractivity contribution is 6.07. The van der Waals surface area contributed by atoms with Gasteiger partial charge in [-0.1, -0.05) is 18.2 Å². The van der Waals surface area contributed by atoms with Crippen LogP contribution in [0.5, 0.6) is 11.5 Å². The number of carbonyl (C=O) groups excluding carboxylic acids is 2. The summed E-state index contributed by atoms with van der Waals surface area (Å²) >= 11 is 0. The number of nitrogens with one attached hydrogen (secondary N) is 2. The van der Waals surface area contributed by atoms with Crippen LogP contribution >= 0.6 is 0 Å². The van der Waals surface area contributed by atoms with E-state index in [2.05, 4.69) is 10.6 Å². The average molecular weight is 382 g/mol. The topological polar surface area (TPSA) is 76.7 Å². The zero-order valence-electron chi connectivity index (χ0n) is 16.8. The van der Waals surface area contributed by atoms with Crippen molar-refractivity contribution in [2.24, 2.45) is 0 Å². The molecule has 0 unspecified atom stereocenters. The fourth-order valence-electron chi connectivity index (χ4n) is 2.50. The monoisotopic (exact) mass is 382 g/mol. The molecule has 6 nitrogen and oxygen atoms in total. The van der Waals surface area contributed by atoms with Gasteiger partial charge in [0.15, 0.2) is 11.5 Å². The number of benzene rings is 2. The molecule has 2 amide bonds. The molecular weight excluding hydrogens is 356 g/mol. The van der Waals surface area contributed by atoms with Crippen molar-refractivity contribution in [1.29, 1.82) is 0 Å². The van der Waals surface area contributed by atoms with Crippen molar-refractivity contribution in [1.82, 2.24) is 5.32 Å². The van der Waals surface area contributed by atoms with Crippen molar-refractivity contribution in [3.63, 3.8) is 0 Å². The van der Waals surface area contributed by atoms with Crippen LogP contribution in [-0.2, 0) is 4.79 Å². The van der Waals surface area contributed by atoms with Gasteiger partial charge in [0, 0.05) is 11.6 Å². The summed E-state index contributed by atoms with van der Waals surface area (Å²) in [6.45, 7) is 5.70. The third-order valence-corrected chi connectivity index (χ3v) is 3.75. The van der Waals surface area contributed by atoms with Gasteiger partial charge in [0.1, 0.15) is 0 Å². The second-order valence-corrected chi connectivity index (χ2v) is 7.19. The average Bonchev–Trinajstić information content (AvgIpc) is 2.65. The van der Waals surface area contributed by atoms with Gasteiger partial charge in [0.2, 0.25) is 5.91 Å². The number of ether oxygens (including phenoxy) is 2. The van der Waals surface area contributed by atoms with E-state index in [1.807, 2.05) is 26.8 Å². The van der Waals surface area contributed by atoms with Crippen LogP contribution in [0.1, 0.15) is 36.7 Å². The van der Waals surface area contributed by atoms with Gasteiger partial charge in [-0.05, 0) is 56.7 Å². The lowest BCUT2D eigenvalue weighted by molar-refractivity contribution is -0.111. The molecule has 0 radical (unpaired) electrons. The summed E-state index contributed by atoms with van der Waals surface area (Å²) in [6, 6.07) is 12.2. The highest BCUT2D eigenvalue weighted by Crippen LogP contribution is 2.28. The quantitative estimate of drug-likeness (QED) is 0.743. The second kappa shape index (κ2) is 9.08. The van der Waals surface area contributed by atoms with Crippen LogP contribution < -0.4 is 20.1 Å². The molecule has 148 valence electrons. The fourth-order valence-corrected chi connectivity index (χ4v) is 2.50. The zero-order chi connectivity index (χ0) is 20.7. The number of hydrogen-bond acceptors (Lipinski definition) is 4. The highest BCUT2D eigenvalue weighted by atomic mass is 16.5. The Hall–Kier alpha value is -3.28. The third-order valence-electron chi connectivity index (χ3n) is 3.75. The second-order valence-electron chi connectivity index (χ2n) is 7.19. The highest BCUT2D eigenvalue weighted by Gasteiger charge is 2.18. The van der Waals surface area contributed by atoms with E-state index in [1.54, 1.807) is 56.7 Å². The molecule has 2 aromatic rings. The molecule has 2 rings (SSSR count). The first-order chi connectivity index (χ1) is 13.2. The van der Waals surface area contributed by atoms with Gasteiger partial charge < -0.3 is 20.1 Å². The number of anilines is 1. The van der Waals surface area contributed by atoms with E-state index in [9.17, 15) is 9.59 Å². The van der Waals surface area contributed by atoms with E-state index in [0.29, 0.717) is 22.7 Å². The van der Waals surface area contributed by atoms with Gasteiger partial charge >= 0.3 is 0 Å². The van der Waals surface area contributed by atoms with E-state index in [1.165, 1.54) is 6.08 Å². The maximum Gasteiger partial charge on any atom is 0.253 e. The molecule has 0 fully saturated rings. The molecule has 0 aromatic heterocycles. The Labute approximate surface area is 165 Å².